The van der Waals surface area contributed by atoms with E-state index in [4.69, 9.17) is 14.2 Å². The van der Waals surface area contributed by atoms with Crippen LogP contribution < -0.4 is 9.47 Å². The summed E-state index contributed by atoms with van der Waals surface area (Å²) >= 11 is 0. The van der Waals surface area contributed by atoms with E-state index in [2.05, 4.69) is 11.1 Å². The van der Waals surface area contributed by atoms with Gasteiger partial charge in [-0.2, -0.15) is 0 Å². The first kappa shape index (κ1) is 20.4. The van der Waals surface area contributed by atoms with Crippen molar-refractivity contribution in [2.75, 3.05) is 13.2 Å². The Balaban J connectivity index is 1.33. The van der Waals surface area contributed by atoms with Gasteiger partial charge in [-0.15, -0.1) is 0 Å². The molecule has 5 heteroatoms. The van der Waals surface area contributed by atoms with Crippen molar-refractivity contribution in [3.63, 3.8) is 0 Å². The molecule has 1 aliphatic heterocycles. The number of rotatable bonds is 7. The summed E-state index contributed by atoms with van der Waals surface area (Å²) in [5.74, 6) is 1.44. The molecule has 0 bridgehead atoms. The van der Waals surface area contributed by atoms with Gasteiger partial charge in [0.25, 0.3) is 0 Å². The highest BCUT2D eigenvalue weighted by molar-refractivity contribution is 6.12. The normalized spacial score (nSPS) is 14.3. The van der Waals surface area contributed by atoms with Crippen LogP contribution in [-0.2, 0) is 9.53 Å². The molecular formula is C26H23NO4. The molecule has 0 atom stereocenters. The molecule has 0 spiro atoms. The van der Waals surface area contributed by atoms with Gasteiger partial charge < -0.3 is 14.2 Å². The van der Waals surface area contributed by atoms with E-state index in [-0.39, 0.29) is 5.70 Å². The highest BCUT2D eigenvalue weighted by Gasteiger charge is 2.23. The van der Waals surface area contributed by atoms with E-state index >= 15 is 0 Å². The van der Waals surface area contributed by atoms with Crippen LogP contribution >= 0.6 is 0 Å². The molecule has 0 N–H and O–H groups in total. The molecular weight excluding hydrogens is 390 g/mol. The van der Waals surface area contributed by atoms with Crippen LogP contribution in [-0.4, -0.2) is 25.1 Å². The molecule has 4 rings (SSSR count). The molecule has 3 aromatic carbocycles. The molecule has 0 aliphatic carbocycles. The van der Waals surface area contributed by atoms with Crippen molar-refractivity contribution in [1.29, 1.82) is 0 Å². The van der Waals surface area contributed by atoms with Gasteiger partial charge in [-0.3, -0.25) is 0 Å². The van der Waals surface area contributed by atoms with Gasteiger partial charge >= 0.3 is 5.97 Å². The Labute approximate surface area is 181 Å². The number of carbonyl (C=O) groups is 1. The minimum atomic E-state index is -0.456. The smallest absolute Gasteiger partial charge is 0.363 e. The maximum atomic E-state index is 12.1. The van der Waals surface area contributed by atoms with E-state index in [1.54, 1.807) is 6.08 Å². The monoisotopic (exact) mass is 413 g/mol. The van der Waals surface area contributed by atoms with Gasteiger partial charge in [-0.05, 0) is 73.0 Å². The third-order valence-electron chi connectivity index (χ3n) is 4.64. The second-order valence-corrected chi connectivity index (χ2v) is 7.29. The van der Waals surface area contributed by atoms with Crippen molar-refractivity contribution in [2.24, 2.45) is 4.99 Å². The maximum absolute atomic E-state index is 12.1. The fourth-order valence-corrected chi connectivity index (χ4v) is 3.27. The van der Waals surface area contributed by atoms with Gasteiger partial charge in [-0.1, -0.05) is 36.4 Å². The van der Waals surface area contributed by atoms with E-state index in [1.807, 2.05) is 80.6 Å². The average molecular weight is 413 g/mol. The summed E-state index contributed by atoms with van der Waals surface area (Å²) < 4.78 is 16.8. The second-order valence-electron chi connectivity index (χ2n) is 7.29. The molecule has 0 saturated heterocycles. The van der Waals surface area contributed by atoms with Crippen LogP contribution in [0.4, 0.5) is 0 Å². The first-order valence-electron chi connectivity index (χ1n) is 10.1. The molecule has 0 amide bonds. The number of esters is 1. The largest absolute Gasteiger partial charge is 0.490 e. The van der Waals surface area contributed by atoms with E-state index in [1.165, 1.54) is 11.1 Å². The number of hydrogen-bond donors (Lipinski definition) is 0. The number of aliphatic imine (C=N–C) groups is 1. The van der Waals surface area contributed by atoms with Gasteiger partial charge in [0.1, 0.15) is 24.7 Å². The summed E-state index contributed by atoms with van der Waals surface area (Å²) in [7, 11) is 0. The Bertz CT molecular complexity index is 1110. The van der Waals surface area contributed by atoms with Crippen LogP contribution in [0.15, 0.2) is 83.5 Å². The van der Waals surface area contributed by atoms with Crippen molar-refractivity contribution in [2.45, 2.75) is 13.8 Å². The molecule has 156 valence electrons. The van der Waals surface area contributed by atoms with Gasteiger partial charge in [0.2, 0.25) is 5.90 Å². The van der Waals surface area contributed by atoms with Gasteiger partial charge in [-0.25, -0.2) is 9.79 Å². The molecule has 0 radical (unpaired) electrons. The molecule has 0 fully saturated rings. The molecule has 31 heavy (non-hydrogen) atoms. The van der Waals surface area contributed by atoms with Crippen LogP contribution in [0.3, 0.4) is 0 Å². The Morgan fingerprint density at radius 2 is 1.48 bits per heavy atom. The summed E-state index contributed by atoms with van der Waals surface area (Å²) in [5, 5.41) is 0. The van der Waals surface area contributed by atoms with E-state index < -0.39 is 5.97 Å². The van der Waals surface area contributed by atoms with Crippen LogP contribution in [0.25, 0.3) is 6.08 Å². The summed E-state index contributed by atoms with van der Waals surface area (Å²) in [6, 6.07) is 22.9. The number of nitrogens with zero attached hydrogens (tertiary/aromatic N) is 1. The fraction of sp³-hybridized carbons (Fsp3) is 0.154. The van der Waals surface area contributed by atoms with E-state index in [0.29, 0.717) is 19.1 Å². The molecule has 0 aromatic heterocycles. The summed E-state index contributed by atoms with van der Waals surface area (Å²) in [6.45, 7) is 4.99. The lowest BCUT2D eigenvalue weighted by Gasteiger charge is -2.10. The van der Waals surface area contributed by atoms with Crippen molar-refractivity contribution in [3.05, 3.63) is 101 Å². The van der Waals surface area contributed by atoms with Crippen molar-refractivity contribution in [3.8, 4) is 11.5 Å². The zero-order valence-electron chi connectivity index (χ0n) is 17.5. The lowest BCUT2D eigenvalue weighted by molar-refractivity contribution is -0.129. The van der Waals surface area contributed by atoms with Crippen molar-refractivity contribution in [1.82, 2.24) is 0 Å². The minimum Gasteiger partial charge on any atom is -0.490 e. The molecule has 0 unspecified atom stereocenters. The number of ether oxygens (including phenoxy) is 3. The van der Waals surface area contributed by atoms with Crippen LogP contribution in [0.1, 0.15) is 22.3 Å². The number of cyclic esters (lactones) is 1. The molecule has 3 aromatic rings. The van der Waals surface area contributed by atoms with Gasteiger partial charge in [0.05, 0.1) is 0 Å². The van der Waals surface area contributed by atoms with Crippen LogP contribution in [0.5, 0.6) is 11.5 Å². The van der Waals surface area contributed by atoms with E-state index in [0.717, 1.165) is 22.6 Å². The molecule has 5 nitrogen and oxygen atoms in total. The zero-order valence-corrected chi connectivity index (χ0v) is 17.5. The Kier molecular flexibility index (Phi) is 6.13. The third-order valence-corrected chi connectivity index (χ3v) is 4.64. The predicted molar refractivity (Wildman–Crippen MR) is 120 cm³/mol. The summed E-state index contributed by atoms with van der Waals surface area (Å²) in [6.07, 6.45) is 1.70. The van der Waals surface area contributed by atoms with Crippen molar-refractivity contribution >= 4 is 17.9 Å². The topological polar surface area (TPSA) is 57.1 Å². The number of carbonyl (C=O) groups excluding carboxylic acids is 1. The van der Waals surface area contributed by atoms with Gasteiger partial charge in [0.15, 0.2) is 5.70 Å². The van der Waals surface area contributed by atoms with E-state index in [9.17, 15) is 4.79 Å². The van der Waals surface area contributed by atoms with Crippen LogP contribution in [0.2, 0.25) is 0 Å². The summed E-state index contributed by atoms with van der Waals surface area (Å²) in [5.41, 5.74) is 4.23. The van der Waals surface area contributed by atoms with Gasteiger partial charge in [0, 0.05) is 5.56 Å². The highest BCUT2D eigenvalue weighted by Crippen LogP contribution is 2.21. The van der Waals surface area contributed by atoms with Crippen LogP contribution in [0, 0.1) is 13.8 Å². The number of aryl methyl sites for hydroxylation is 2. The number of benzene rings is 3. The number of hydrogen-bond acceptors (Lipinski definition) is 5. The zero-order chi connectivity index (χ0) is 21.6. The minimum absolute atomic E-state index is 0.273. The quantitative estimate of drug-likeness (QED) is 0.307. The highest BCUT2D eigenvalue weighted by atomic mass is 16.6. The molecule has 1 heterocycles. The lowest BCUT2D eigenvalue weighted by atomic mass is 10.1. The molecule has 0 saturated carbocycles. The lowest BCUT2D eigenvalue weighted by Crippen LogP contribution is -2.09. The fourth-order valence-electron chi connectivity index (χ4n) is 3.27. The SMILES string of the molecule is Cc1cc(C)cc(OCCOc2ccc(/C=C3\N=C(c4ccccc4)OC3=O)cc2)c1. The predicted octanol–water partition coefficient (Wildman–Crippen LogP) is 5.11. The Hall–Kier alpha value is -3.86. The first-order chi connectivity index (χ1) is 15.1. The summed E-state index contributed by atoms with van der Waals surface area (Å²) in [4.78, 5) is 16.4. The Morgan fingerprint density at radius 1 is 0.839 bits per heavy atom. The third kappa shape index (κ3) is 5.39. The first-order valence-corrected chi connectivity index (χ1v) is 10.1. The average Bonchev–Trinajstić information content (AvgIpc) is 3.13. The second kappa shape index (κ2) is 9.30. The maximum Gasteiger partial charge on any atom is 0.363 e. The Morgan fingerprint density at radius 3 is 2.16 bits per heavy atom. The van der Waals surface area contributed by atoms with Crippen molar-refractivity contribution < 1.29 is 19.0 Å². The molecule has 1 aliphatic rings. The standard InChI is InChI=1S/C26H23NO4/c1-18-14-19(2)16-23(15-18)30-13-12-29-22-10-8-20(9-11-22)17-24-26(28)31-25(27-24)21-6-4-3-5-7-21/h3-11,14-17H,12-13H2,1-2H3/b24-17-.